The number of carbonyl (C=O) groups excluding carboxylic acids is 1. The highest BCUT2D eigenvalue weighted by molar-refractivity contribution is 6.02. The number of rotatable bonds is 4. The van der Waals surface area contributed by atoms with Gasteiger partial charge in [-0.25, -0.2) is 0 Å². The molecule has 0 aromatic carbocycles. The van der Waals surface area contributed by atoms with E-state index in [0.717, 1.165) is 12.8 Å². The zero-order chi connectivity index (χ0) is 12.5. The van der Waals surface area contributed by atoms with Gasteiger partial charge >= 0.3 is 5.97 Å². The Bertz CT molecular complexity index is 324. The highest BCUT2D eigenvalue weighted by Crippen LogP contribution is 2.43. The van der Waals surface area contributed by atoms with Gasteiger partial charge in [-0.2, -0.15) is 0 Å². The largest absolute Gasteiger partial charge is 0.480 e. The molecule has 1 amide bonds. The van der Waals surface area contributed by atoms with Crippen LogP contribution in [0.25, 0.3) is 0 Å². The van der Waals surface area contributed by atoms with Crippen molar-refractivity contribution in [2.45, 2.75) is 25.7 Å². The van der Waals surface area contributed by atoms with Gasteiger partial charge in [-0.1, -0.05) is 6.42 Å². The summed E-state index contributed by atoms with van der Waals surface area (Å²) in [5, 5.41) is 9.21. The van der Waals surface area contributed by atoms with E-state index in [1.165, 1.54) is 0 Å². The van der Waals surface area contributed by atoms with Gasteiger partial charge in [-0.3, -0.25) is 9.59 Å². The maximum absolute atomic E-state index is 12.2. The third-order valence-electron chi connectivity index (χ3n) is 4.00. The lowest BCUT2D eigenvalue weighted by molar-refractivity contribution is -0.167. The van der Waals surface area contributed by atoms with Crippen LogP contribution >= 0.6 is 0 Å². The summed E-state index contributed by atoms with van der Waals surface area (Å²) in [5.74, 6) is -0.784. The Hall–Kier alpha value is -1.10. The van der Waals surface area contributed by atoms with Crippen molar-refractivity contribution < 1.29 is 19.4 Å². The first-order valence-electron chi connectivity index (χ1n) is 6.12. The summed E-state index contributed by atoms with van der Waals surface area (Å²) in [7, 11) is 1.65. The Kier molecular flexibility index (Phi) is 3.38. The molecular weight excluding hydrogens is 222 g/mol. The minimum Gasteiger partial charge on any atom is -0.480 e. The second-order valence-corrected chi connectivity index (χ2v) is 5.10. The van der Waals surface area contributed by atoms with Crippen molar-refractivity contribution in [1.29, 1.82) is 0 Å². The van der Waals surface area contributed by atoms with Crippen LogP contribution in [0.4, 0.5) is 0 Å². The standard InChI is InChI=1S/C12H19NO4/c1-17-8-9-3-6-13(7-9)10(14)12(11(15)16)4-2-5-12/h9H,2-8H2,1H3,(H,15,16). The highest BCUT2D eigenvalue weighted by Gasteiger charge is 2.53. The van der Waals surface area contributed by atoms with Gasteiger partial charge in [0.2, 0.25) is 5.91 Å². The van der Waals surface area contributed by atoms with Gasteiger partial charge in [-0.05, 0) is 19.3 Å². The van der Waals surface area contributed by atoms with E-state index in [4.69, 9.17) is 4.74 Å². The van der Waals surface area contributed by atoms with Crippen LogP contribution in [0.3, 0.4) is 0 Å². The molecule has 1 saturated heterocycles. The number of hydrogen-bond acceptors (Lipinski definition) is 3. The molecule has 0 radical (unpaired) electrons. The van der Waals surface area contributed by atoms with E-state index in [0.29, 0.717) is 38.5 Å². The number of carbonyl (C=O) groups is 2. The van der Waals surface area contributed by atoms with Crippen molar-refractivity contribution in [2.24, 2.45) is 11.3 Å². The predicted molar refractivity (Wildman–Crippen MR) is 60.5 cm³/mol. The zero-order valence-electron chi connectivity index (χ0n) is 10.1. The smallest absolute Gasteiger partial charge is 0.319 e. The van der Waals surface area contributed by atoms with Gasteiger partial charge in [-0.15, -0.1) is 0 Å². The number of amides is 1. The molecule has 0 aromatic rings. The van der Waals surface area contributed by atoms with Crippen LogP contribution in [-0.2, 0) is 14.3 Å². The lowest BCUT2D eigenvalue weighted by Gasteiger charge is -2.38. The minimum absolute atomic E-state index is 0.185. The van der Waals surface area contributed by atoms with Crippen LogP contribution in [0.5, 0.6) is 0 Å². The van der Waals surface area contributed by atoms with Gasteiger partial charge in [0.1, 0.15) is 5.41 Å². The SMILES string of the molecule is COCC1CCN(C(=O)C2(C(=O)O)CCC2)C1. The van der Waals surface area contributed by atoms with Crippen molar-refractivity contribution in [3.05, 3.63) is 0 Å². The molecule has 2 rings (SSSR count). The van der Waals surface area contributed by atoms with Crippen LogP contribution in [0.2, 0.25) is 0 Å². The number of aliphatic carboxylic acids is 1. The van der Waals surface area contributed by atoms with Crippen molar-refractivity contribution >= 4 is 11.9 Å². The minimum atomic E-state index is -1.11. The maximum Gasteiger partial charge on any atom is 0.319 e. The van der Waals surface area contributed by atoms with Gasteiger partial charge in [0.15, 0.2) is 0 Å². The maximum atomic E-state index is 12.2. The van der Waals surface area contributed by atoms with Gasteiger partial charge in [0, 0.05) is 26.1 Å². The molecule has 5 nitrogen and oxygen atoms in total. The second-order valence-electron chi connectivity index (χ2n) is 5.10. The van der Waals surface area contributed by atoms with Crippen LogP contribution in [0.15, 0.2) is 0 Å². The Morgan fingerprint density at radius 1 is 1.47 bits per heavy atom. The molecule has 1 unspecified atom stereocenters. The summed E-state index contributed by atoms with van der Waals surface area (Å²) in [6.07, 6.45) is 2.74. The van der Waals surface area contributed by atoms with Gasteiger partial charge in [0.05, 0.1) is 6.61 Å². The second kappa shape index (κ2) is 4.64. The van der Waals surface area contributed by atoms with Crippen molar-refractivity contribution in [2.75, 3.05) is 26.8 Å². The summed E-state index contributed by atoms with van der Waals surface area (Å²) in [5.41, 5.74) is -1.11. The third-order valence-corrected chi connectivity index (χ3v) is 4.00. The number of hydrogen-bond donors (Lipinski definition) is 1. The Labute approximate surface area is 101 Å². The zero-order valence-corrected chi connectivity index (χ0v) is 10.1. The molecule has 2 aliphatic rings. The van der Waals surface area contributed by atoms with Crippen molar-refractivity contribution in [1.82, 2.24) is 4.90 Å². The molecule has 1 saturated carbocycles. The first kappa shape index (κ1) is 12.4. The number of methoxy groups -OCH3 is 1. The predicted octanol–water partition coefficient (Wildman–Crippen LogP) is 0.736. The summed E-state index contributed by atoms with van der Waals surface area (Å²) in [4.78, 5) is 25.2. The molecule has 0 aromatic heterocycles. The molecule has 1 aliphatic carbocycles. The first-order chi connectivity index (χ1) is 8.10. The molecular formula is C12H19NO4. The van der Waals surface area contributed by atoms with Crippen LogP contribution in [0.1, 0.15) is 25.7 Å². The Morgan fingerprint density at radius 2 is 2.18 bits per heavy atom. The first-order valence-corrected chi connectivity index (χ1v) is 6.12. The van der Waals surface area contributed by atoms with E-state index < -0.39 is 11.4 Å². The number of carboxylic acid groups (broad SMARTS) is 1. The molecule has 96 valence electrons. The van der Waals surface area contributed by atoms with E-state index in [1.807, 2.05) is 0 Å². The topological polar surface area (TPSA) is 66.8 Å². The van der Waals surface area contributed by atoms with E-state index in [2.05, 4.69) is 0 Å². The fourth-order valence-electron chi connectivity index (χ4n) is 2.74. The fraction of sp³-hybridized carbons (Fsp3) is 0.833. The van der Waals surface area contributed by atoms with Crippen LogP contribution in [0, 0.1) is 11.3 Å². The summed E-state index contributed by atoms with van der Waals surface area (Å²) in [6.45, 7) is 1.95. The Morgan fingerprint density at radius 3 is 2.65 bits per heavy atom. The number of carboxylic acids is 1. The lowest BCUT2D eigenvalue weighted by atomic mass is 9.68. The molecule has 1 N–H and O–H groups in total. The summed E-state index contributed by atoms with van der Waals surface area (Å²) < 4.78 is 5.07. The van der Waals surface area contributed by atoms with Gasteiger partial charge in [0.25, 0.3) is 0 Å². The Balaban J connectivity index is 1.99. The lowest BCUT2D eigenvalue weighted by Crippen LogP contribution is -2.52. The van der Waals surface area contributed by atoms with Crippen LogP contribution in [-0.4, -0.2) is 48.7 Å². The van der Waals surface area contributed by atoms with Crippen molar-refractivity contribution in [3.8, 4) is 0 Å². The van der Waals surface area contributed by atoms with Crippen LogP contribution < -0.4 is 0 Å². The molecule has 5 heteroatoms. The average molecular weight is 241 g/mol. The van der Waals surface area contributed by atoms with Gasteiger partial charge < -0.3 is 14.7 Å². The molecule has 1 aliphatic heterocycles. The average Bonchev–Trinajstić information content (AvgIpc) is 2.64. The number of likely N-dealkylation sites (tertiary alicyclic amines) is 1. The summed E-state index contributed by atoms with van der Waals surface area (Å²) >= 11 is 0. The quantitative estimate of drug-likeness (QED) is 0.737. The number of nitrogens with zero attached hydrogens (tertiary/aromatic N) is 1. The normalized spacial score (nSPS) is 26.6. The van der Waals surface area contributed by atoms with E-state index in [1.54, 1.807) is 12.0 Å². The molecule has 17 heavy (non-hydrogen) atoms. The molecule has 2 fully saturated rings. The molecule has 1 atom stereocenters. The van der Waals surface area contributed by atoms with E-state index in [-0.39, 0.29) is 5.91 Å². The monoisotopic (exact) mass is 241 g/mol. The third kappa shape index (κ3) is 2.04. The molecule has 0 bridgehead atoms. The highest BCUT2D eigenvalue weighted by atomic mass is 16.5. The van der Waals surface area contributed by atoms with E-state index >= 15 is 0 Å². The number of ether oxygens (including phenoxy) is 1. The molecule has 0 spiro atoms. The van der Waals surface area contributed by atoms with E-state index in [9.17, 15) is 14.7 Å². The summed E-state index contributed by atoms with van der Waals surface area (Å²) in [6, 6.07) is 0. The molecule has 1 heterocycles. The van der Waals surface area contributed by atoms with Crippen molar-refractivity contribution in [3.63, 3.8) is 0 Å². The fourth-order valence-corrected chi connectivity index (χ4v) is 2.74.